The van der Waals surface area contributed by atoms with E-state index in [0.29, 0.717) is 19.4 Å². The molecular weight excluding hydrogens is 444 g/mol. The highest BCUT2D eigenvalue weighted by Gasteiger charge is 2.40. The van der Waals surface area contributed by atoms with E-state index in [9.17, 15) is 19.5 Å². The van der Waals surface area contributed by atoms with Crippen molar-refractivity contribution < 1.29 is 24.2 Å². The molecule has 2 aromatic carbocycles. The molecule has 7 nitrogen and oxygen atoms in total. The van der Waals surface area contributed by atoms with Crippen LogP contribution in [0, 0.1) is 11.3 Å². The van der Waals surface area contributed by atoms with E-state index >= 15 is 0 Å². The number of carboxylic acids is 1. The Bertz CT molecular complexity index is 1070. The summed E-state index contributed by atoms with van der Waals surface area (Å²) in [7, 11) is 0. The maximum absolute atomic E-state index is 13.0. The van der Waals surface area contributed by atoms with Gasteiger partial charge < -0.3 is 20.1 Å². The minimum Gasteiger partial charge on any atom is -0.481 e. The number of piperidine rings is 1. The molecule has 2 aromatic rings. The summed E-state index contributed by atoms with van der Waals surface area (Å²) in [6.45, 7) is 6.51. The van der Waals surface area contributed by atoms with E-state index in [4.69, 9.17) is 4.74 Å². The van der Waals surface area contributed by atoms with Crippen molar-refractivity contribution in [1.82, 2.24) is 10.2 Å². The molecule has 0 saturated carbocycles. The Morgan fingerprint density at radius 1 is 1.09 bits per heavy atom. The first-order chi connectivity index (χ1) is 16.7. The van der Waals surface area contributed by atoms with Gasteiger partial charge in [0.15, 0.2) is 0 Å². The van der Waals surface area contributed by atoms with E-state index in [1.807, 2.05) is 38.1 Å². The molecule has 2 unspecified atom stereocenters. The number of carbonyl (C=O) groups excluding carboxylic acids is 2. The molecule has 2 atom stereocenters. The van der Waals surface area contributed by atoms with Crippen LogP contribution in [0.2, 0.25) is 0 Å². The van der Waals surface area contributed by atoms with Crippen LogP contribution >= 0.6 is 0 Å². The number of carboxylic acid groups (broad SMARTS) is 1. The van der Waals surface area contributed by atoms with Gasteiger partial charge in [-0.15, -0.1) is 0 Å². The van der Waals surface area contributed by atoms with E-state index in [1.165, 1.54) is 0 Å². The number of nitrogens with one attached hydrogen (secondary N) is 1. The lowest BCUT2D eigenvalue weighted by molar-refractivity contribution is -0.153. The van der Waals surface area contributed by atoms with Crippen LogP contribution in [0.25, 0.3) is 11.1 Å². The molecule has 1 fully saturated rings. The molecule has 1 aliphatic heterocycles. The molecule has 2 N–H and O–H groups in total. The predicted octanol–water partition coefficient (Wildman–Crippen LogP) is 4.65. The van der Waals surface area contributed by atoms with Gasteiger partial charge in [-0.05, 0) is 47.9 Å². The average Bonchev–Trinajstić information content (AvgIpc) is 3.16. The third-order valence-electron chi connectivity index (χ3n) is 7.41. The Balaban J connectivity index is 1.37. The van der Waals surface area contributed by atoms with E-state index in [-0.39, 0.29) is 37.3 Å². The number of likely N-dealkylation sites (tertiary alicyclic amines) is 1. The van der Waals surface area contributed by atoms with Crippen LogP contribution in [0.5, 0.6) is 0 Å². The molecule has 1 aliphatic carbocycles. The number of rotatable bonds is 7. The predicted molar refractivity (Wildman–Crippen MR) is 133 cm³/mol. The maximum Gasteiger partial charge on any atom is 0.407 e. The smallest absolute Gasteiger partial charge is 0.407 e. The summed E-state index contributed by atoms with van der Waals surface area (Å²) < 4.78 is 5.66. The summed E-state index contributed by atoms with van der Waals surface area (Å²) in [6, 6.07) is 15.9. The van der Waals surface area contributed by atoms with Gasteiger partial charge in [0.2, 0.25) is 5.91 Å². The fourth-order valence-electron chi connectivity index (χ4n) is 5.19. The average molecular weight is 479 g/mol. The van der Waals surface area contributed by atoms with Crippen molar-refractivity contribution in [2.24, 2.45) is 11.3 Å². The highest BCUT2D eigenvalue weighted by molar-refractivity contribution is 5.81. The molecule has 0 spiro atoms. The Morgan fingerprint density at radius 3 is 2.26 bits per heavy atom. The first kappa shape index (κ1) is 24.8. The first-order valence-corrected chi connectivity index (χ1v) is 12.3. The van der Waals surface area contributed by atoms with Crippen molar-refractivity contribution in [3.05, 3.63) is 59.7 Å². The van der Waals surface area contributed by atoms with Crippen LogP contribution in [0.4, 0.5) is 4.79 Å². The van der Waals surface area contributed by atoms with Crippen LogP contribution in [0.3, 0.4) is 0 Å². The van der Waals surface area contributed by atoms with Gasteiger partial charge in [0.05, 0.1) is 5.41 Å². The monoisotopic (exact) mass is 478 g/mol. The normalized spacial score (nSPS) is 20.2. The summed E-state index contributed by atoms with van der Waals surface area (Å²) in [5.74, 6) is -1.05. The Labute approximate surface area is 206 Å². The SMILES string of the molecule is CC(C)C(CC(=O)N1CCCC(C)(C(=O)O)C1)NC(=O)OCC1c2ccccc2-c2ccccc21. The largest absolute Gasteiger partial charge is 0.481 e. The number of aliphatic carboxylic acids is 1. The van der Waals surface area contributed by atoms with Crippen molar-refractivity contribution in [2.45, 2.75) is 52.0 Å². The zero-order valence-corrected chi connectivity index (χ0v) is 20.6. The van der Waals surface area contributed by atoms with Gasteiger partial charge in [0.1, 0.15) is 6.61 Å². The van der Waals surface area contributed by atoms with Gasteiger partial charge in [-0.1, -0.05) is 62.4 Å². The molecule has 2 amide bonds. The Morgan fingerprint density at radius 2 is 1.69 bits per heavy atom. The first-order valence-electron chi connectivity index (χ1n) is 12.3. The number of hydrogen-bond donors (Lipinski definition) is 2. The fraction of sp³-hybridized carbons (Fsp3) is 0.464. The van der Waals surface area contributed by atoms with Crippen molar-refractivity contribution >= 4 is 18.0 Å². The summed E-state index contributed by atoms with van der Waals surface area (Å²) in [5, 5.41) is 12.4. The van der Waals surface area contributed by atoms with Crippen LogP contribution in [0.15, 0.2) is 48.5 Å². The van der Waals surface area contributed by atoms with Crippen LogP contribution in [0.1, 0.15) is 57.1 Å². The van der Waals surface area contributed by atoms with Gasteiger partial charge in [-0.25, -0.2) is 4.79 Å². The van der Waals surface area contributed by atoms with Crippen molar-refractivity contribution in [3.63, 3.8) is 0 Å². The molecule has 0 aromatic heterocycles. The second kappa shape index (κ2) is 10.1. The molecule has 7 heteroatoms. The number of amides is 2. The highest BCUT2D eigenvalue weighted by Crippen LogP contribution is 2.44. The number of nitrogens with zero attached hydrogens (tertiary/aromatic N) is 1. The molecule has 2 aliphatic rings. The van der Waals surface area contributed by atoms with Gasteiger partial charge in [0.25, 0.3) is 0 Å². The van der Waals surface area contributed by atoms with Gasteiger partial charge in [-0.2, -0.15) is 0 Å². The van der Waals surface area contributed by atoms with Crippen LogP contribution < -0.4 is 5.32 Å². The molecule has 0 bridgehead atoms. The topological polar surface area (TPSA) is 95.9 Å². The van der Waals surface area contributed by atoms with Gasteiger partial charge in [-0.3, -0.25) is 9.59 Å². The lowest BCUT2D eigenvalue weighted by Crippen LogP contribution is -2.50. The second-order valence-electron chi connectivity index (χ2n) is 10.3. The molecule has 186 valence electrons. The Kier molecular flexibility index (Phi) is 7.15. The third kappa shape index (κ3) is 5.19. The quantitative estimate of drug-likeness (QED) is 0.604. The standard InChI is InChI=1S/C28H34N2O5/c1-18(2)24(15-25(31)30-14-8-13-28(3,17-30)26(32)33)29-27(34)35-16-23-21-11-6-4-9-19(21)20-10-5-7-12-22(20)23/h4-7,9-12,18,23-24H,8,13-17H2,1-3H3,(H,29,34)(H,32,33). The summed E-state index contributed by atoms with van der Waals surface area (Å²) in [6.07, 6.45) is 0.767. The van der Waals surface area contributed by atoms with E-state index in [1.54, 1.807) is 11.8 Å². The van der Waals surface area contributed by atoms with Crippen LogP contribution in [-0.4, -0.2) is 53.7 Å². The van der Waals surface area contributed by atoms with E-state index in [0.717, 1.165) is 22.3 Å². The third-order valence-corrected chi connectivity index (χ3v) is 7.41. The molecule has 4 rings (SSSR count). The van der Waals surface area contributed by atoms with Crippen LogP contribution in [-0.2, 0) is 14.3 Å². The van der Waals surface area contributed by atoms with E-state index in [2.05, 4.69) is 29.6 Å². The number of fused-ring (bicyclic) bond motifs is 3. The lowest BCUT2D eigenvalue weighted by atomic mass is 9.82. The second-order valence-corrected chi connectivity index (χ2v) is 10.3. The molecule has 1 saturated heterocycles. The Hall–Kier alpha value is -3.35. The highest BCUT2D eigenvalue weighted by atomic mass is 16.5. The number of alkyl carbamates (subject to hydrolysis) is 1. The molecule has 0 radical (unpaired) electrons. The molecular formula is C28H34N2O5. The van der Waals surface area contributed by atoms with Gasteiger partial charge in [0, 0.05) is 31.5 Å². The zero-order chi connectivity index (χ0) is 25.2. The summed E-state index contributed by atoms with van der Waals surface area (Å²) >= 11 is 0. The fourth-order valence-corrected chi connectivity index (χ4v) is 5.19. The van der Waals surface area contributed by atoms with Crippen molar-refractivity contribution in [3.8, 4) is 11.1 Å². The summed E-state index contributed by atoms with van der Waals surface area (Å²) in [4.78, 5) is 39.0. The maximum atomic E-state index is 13.0. The van der Waals surface area contributed by atoms with Crippen molar-refractivity contribution in [1.29, 1.82) is 0 Å². The molecule has 35 heavy (non-hydrogen) atoms. The lowest BCUT2D eigenvalue weighted by Gasteiger charge is -2.38. The summed E-state index contributed by atoms with van der Waals surface area (Å²) in [5.41, 5.74) is 3.68. The number of carbonyl (C=O) groups is 3. The minimum absolute atomic E-state index is 0.00933. The number of benzene rings is 2. The van der Waals surface area contributed by atoms with E-state index < -0.39 is 23.5 Å². The zero-order valence-electron chi connectivity index (χ0n) is 20.6. The number of hydrogen-bond acceptors (Lipinski definition) is 4. The van der Waals surface area contributed by atoms with Crippen molar-refractivity contribution in [2.75, 3.05) is 19.7 Å². The molecule has 1 heterocycles. The number of ether oxygens (including phenoxy) is 1. The minimum atomic E-state index is -0.929. The van der Waals surface area contributed by atoms with Gasteiger partial charge >= 0.3 is 12.1 Å².